The van der Waals surface area contributed by atoms with Gasteiger partial charge in [0.2, 0.25) is 0 Å². The number of halogens is 2. The maximum absolute atomic E-state index is 12.0. The third-order valence-corrected chi connectivity index (χ3v) is 16.1. The molecule has 0 heterocycles. The van der Waals surface area contributed by atoms with E-state index in [-0.39, 0.29) is 50.7 Å². The van der Waals surface area contributed by atoms with Crippen LogP contribution in [0.15, 0.2) is 24.3 Å². The number of carbonyl (C=O) groups is 2. The van der Waals surface area contributed by atoms with Crippen molar-refractivity contribution < 1.29 is 30.0 Å². The molecule has 0 aromatic heterocycles. The van der Waals surface area contributed by atoms with Gasteiger partial charge in [0, 0.05) is 35.5 Å². The van der Waals surface area contributed by atoms with Gasteiger partial charge in [-0.25, -0.2) is 9.59 Å². The standard InChI is InChI=1S/C45H62Cl2O6.Na/c1-25(2)8-6-9-26(3)35-14-15-36-32-13-12-30-20-27(16-18-44(30,4)37(32)17-19-45(35,36)5)10-7-11-31(28-21-33(42(50)51)40(48)38(46)23-28)29-22-34(43(52)53)41(49)39(47)24-29;/h21-27,30-32,35-37,48-49H,6-20H2,1-5H3,(H,50,51)(H,52,53);/t26?,27-,30?,32?,35+,36?,37?,44-,45+;/m0./s1. The van der Waals surface area contributed by atoms with Crippen LogP contribution in [0.2, 0.25) is 10.0 Å². The Morgan fingerprint density at radius 2 is 1.31 bits per heavy atom. The largest absolute Gasteiger partial charge is 0.505 e. The molecular formula is C45H62Cl2NaO6. The molecule has 0 aliphatic heterocycles. The third-order valence-electron chi connectivity index (χ3n) is 15.5. The Bertz CT molecular complexity index is 1610. The summed E-state index contributed by atoms with van der Waals surface area (Å²) in [7, 11) is 0. The Labute approximate surface area is 355 Å². The molecule has 293 valence electrons. The smallest absolute Gasteiger partial charge is 0.339 e. The molecule has 4 saturated carbocycles. The Hall–Kier alpha value is -1.44. The molecule has 54 heavy (non-hydrogen) atoms. The SMILES string of the molecule is CC(C)CCCC(C)[C@H]1CCC2C3CCC4C[C@@H](CCCC(c5cc(Cl)c(O)c(C(=O)O)c5)c5cc(Cl)c(O)c(C(=O)O)c5)CC[C@]4(C)C3CC[C@@]21C.[Na]. The van der Waals surface area contributed by atoms with Crippen molar-refractivity contribution in [3.8, 4) is 11.5 Å². The fourth-order valence-corrected chi connectivity index (χ4v) is 13.2. The van der Waals surface area contributed by atoms with Crippen molar-refractivity contribution in [2.75, 3.05) is 0 Å². The zero-order valence-electron chi connectivity index (χ0n) is 33.5. The molecule has 4 N–H and O–H groups in total. The van der Waals surface area contributed by atoms with Gasteiger partial charge >= 0.3 is 11.9 Å². The van der Waals surface area contributed by atoms with E-state index in [0.29, 0.717) is 34.3 Å². The molecule has 6 nitrogen and oxygen atoms in total. The number of aromatic hydroxyl groups is 2. The summed E-state index contributed by atoms with van der Waals surface area (Å²) < 4.78 is 0. The molecule has 0 bridgehead atoms. The van der Waals surface area contributed by atoms with Crippen molar-refractivity contribution in [3.63, 3.8) is 0 Å². The second-order valence-electron chi connectivity index (χ2n) is 18.7. The first-order valence-electron chi connectivity index (χ1n) is 20.6. The number of hydrogen-bond acceptors (Lipinski definition) is 4. The molecule has 2 aromatic rings. The number of carboxylic acids is 2. The minimum absolute atomic E-state index is 0. The zero-order valence-corrected chi connectivity index (χ0v) is 37.0. The number of carboxylic acid groups (broad SMARTS) is 2. The summed E-state index contributed by atoms with van der Waals surface area (Å²) in [4.78, 5) is 24.0. The minimum Gasteiger partial charge on any atom is -0.505 e. The number of benzene rings is 2. The van der Waals surface area contributed by atoms with Gasteiger partial charge in [0.1, 0.15) is 22.6 Å². The Balaban J connectivity index is 0.00000561. The van der Waals surface area contributed by atoms with Crippen LogP contribution < -0.4 is 0 Å². The minimum atomic E-state index is -1.30. The van der Waals surface area contributed by atoms with Gasteiger partial charge in [-0.15, -0.1) is 0 Å². The summed E-state index contributed by atoms with van der Waals surface area (Å²) in [6, 6.07) is 5.92. The molecule has 1 radical (unpaired) electrons. The summed E-state index contributed by atoms with van der Waals surface area (Å²) in [6.45, 7) is 12.6. The Morgan fingerprint density at radius 3 is 1.89 bits per heavy atom. The normalized spacial score (nSPS) is 31.0. The number of aromatic carboxylic acids is 2. The van der Waals surface area contributed by atoms with E-state index in [0.717, 1.165) is 54.3 Å². The fourth-order valence-electron chi connectivity index (χ4n) is 12.7. The molecule has 5 unspecified atom stereocenters. The second-order valence-corrected chi connectivity index (χ2v) is 19.5. The van der Waals surface area contributed by atoms with Crippen LogP contribution >= 0.6 is 23.2 Å². The van der Waals surface area contributed by atoms with E-state index in [1.54, 1.807) is 12.1 Å². The van der Waals surface area contributed by atoms with Crippen LogP contribution in [-0.4, -0.2) is 61.9 Å². The average Bonchev–Trinajstić information content (AvgIpc) is 3.46. The molecule has 9 heteroatoms. The first-order valence-corrected chi connectivity index (χ1v) is 21.3. The maximum Gasteiger partial charge on any atom is 0.339 e. The van der Waals surface area contributed by atoms with Crippen LogP contribution in [0, 0.1) is 58.2 Å². The van der Waals surface area contributed by atoms with Crippen molar-refractivity contribution in [1.82, 2.24) is 0 Å². The van der Waals surface area contributed by atoms with Crippen LogP contribution in [0.4, 0.5) is 0 Å². The molecule has 4 fully saturated rings. The molecule has 4 aliphatic rings. The van der Waals surface area contributed by atoms with Crippen molar-refractivity contribution in [2.24, 2.45) is 58.2 Å². The van der Waals surface area contributed by atoms with Crippen LogP contribution in [-0.2, 0) is 0 Å². The van der Waals surface area contributed by atoms with Crippen LogP contribution in [0.1, 0.15) is 169 Å². The van der Waals surface area contributed by atoms with E-state index < -0.39 is 29.4 Å². The van der Waals surface area contributed by atoms with Crippen molar-refractivity contribution in [3.05, 3.63) is 56.6 Å². The Morgan fingerprint density at radius 1 is 0.741 bits per heavy atom. The van der Waals surface area contributed by atoms with E-state index in [1.165, 1.54) is 89.2 Å². The third kappa shape index (κ3) is 8.54. The average molecular weight is 793 g/mol. The Kier molecular flexibility index (Phi) is 14.2. The number of fused-ring (bicyclic) bond motifs is 5. The van der Waals surface area contributed by atoms with E-state index in [4.69, 9.17) is 23.2 Å². The summed E-state index contributed by atoms with van der Waals surface area (Å²) in [5, 5.41) is 40.1. The quantitative estimate of drug-likeness (QED) is 0.150. The van der Waals surface area contributed by atoms with E-state index in [9.17, 15) is 30.0 Å². The van der Waals surface area contributed by atoms with Gasteiger partial charge in [0.15, 0.2) is 0 Å². The monoisotopic (exact) mass is 791 g/mol. The predicted octanol–water partition coefficient (Wildman–Crippen LogP) is 12.5. The van der Waals surface area contributed by atoms with E-state index in [2.05, 4.69) is 34.6 Å². The summed E-state index contributed by atoms with van der Waals surface area (Å²) in [6.07, 6.45) is 18.8. The predicted molar refractivity (Wildman–Crippen MR) is 218 cm³/mol. The van der Waals surface area contributed by atoms with Gasteiger partial charge in [-0.2, -0.15) is 0 Å². The zero-order chi connectivity index (χ0) is 38.4. The van der Waals surface area contributed by atoms with Crippen molar-refractivity contribution >= 4 is 64.7 Å². The van der Waals surface area contributed by atoms with Crippen molar-refractivity contribution in [1.29, 1.82) is 0 Å². The number of rotatable bonds is 13. The second kappa shape index (κ2) is 17.6. The summed E-state index contributed by atoms with van der Waals surface area (Å²) in [5.74, 6) is 2.42. The van der Waals surface area contributed by atoms with Crippen LogP contribution in [0.3, 0.4) is 0 Å². The van der Waals surface area contributed by atoms with Gasteiger partial charge in [-0.3, -0.25) is 0 Å². The molecule has 0 saturated heterocycles. The van der Waals surface area contributed by atoms with Crippen molar-refractivity contribution in [2.45, 2.75) is 137 Å². The number of hydrogen-bond donors (Lipinski definition) is 4. The fraction of sp³-hybridized carbons (Fsp3) is 0.689. The number of phenols is 2. The molecule has 4 aliphatic carbocycles. The van der Waals surface area contributed by atoms with Gasteiger partial charge < -0.3 is 20.4 Å². The maximum atomic E-state index is 12.0. The molecule has 2 aromatic carbocycles. The van der Waals surface area contributed by atoms with Crippen LogP contribution in [0.25, 0.3) is 0 Å². The van der Waals surface area contributed by atoms with Gasteiger partial charge in [0.25, 0.3) is 0 Å². The first kappa shape index (κ1) is 43.7. The van der Waals surface area contributed by atoms with Crippen LogP contribution in [0.5, 0.6) is 11.5 Å². The molecule has 6 rings (SSSR count). The molecule has 0 amide bonds. The van der Waals surface area contributed by atoms with Gasteiger partial charge in [-0.05, 0) is 158 Å². The van der Waals surface area contributed by atoms with E-state index in [1.807, 2.05) is 0 Å². The van der Waals surface area contributed by atoms with E-state index >= 15 is 0 Å². The topological polar surface area (TPSA) is 115 Å². The molecule has 9 atom stereocenters. The summed E-state index contributed by atoms with van der Waals surface area (Å²) >= 11 is 12.7. The van der Waals surface area contributed by atoms with Gasteiger partial charge in [0.05, 0.1) is 10.0 Å². The van der Waals surface area contributed by atoms with Gasteiger partial charge in [-0.1, -0.05) is 89.9 Å². The molecular weight excluding hydrogens is 730 g/mol. The summed E-state index contributed by atoms with van der Waals surface area (Å²) in [5.41, 5.74) is 1.42. The first-order chi connectivity index (χ1) is 25.0. The molecule has 0 spiro atoms.